The Bertz CT molecular complexity index is 656. The molecule has 144 valence electrons. The molecule has 3 nitrogen and oxygen atoms in total. The van der Waals surface area contributed by atoms with Crippen LogP contribution in [-0.2, 0) is 17.6 Å². The molecule has 2 rings (SSSR count). The van der Waals surface area contributed by atoms with E-state index in [1.165, 1.54) is 30.9 Å². The molecule has 0 saturated heterocycles. The molecule has 1 heterocycles. The van der Waals surface area contributed by atoms with Gasteiger partial charge in [-0.05, 0) is 77.0 Å². The maximum atomic E-state index is 11.5. The third-order valence-corrected chi connectivity index (χ3v) is 5.04. The number of fused-ring (bicyclic) bond motifs is 1. The fourth-order valence-corrected chi connectivity index (χ4v) is 3.53. The molecular formula is C23H34O3. The number of hydrogen-bond donors (Lipinski definition) is 0. The number of carbonyl (C=O) groups excluding carboxylic acids is 1. The van der Waals surface area contributed by atoms with Gasteiger partial charge in [0.15, 0.2) is 0 Å². The fraction of sp³-hybridized carbons (Fsp3) is 0.609. The largest absolute Gasteiger partial charge is 0.487 e. The molecule has 0 radical (unpaired) electrons. The monoisotopic (exact) mass is 358 g/mol. The van der Waals surface area contributed by atoms with Gasteiger partial charge in [-0.2, -0.15) is 0 Å². The van der Waals surface area contributed by atoms with Gasteiger partial charge in [-0.25, -0.2) is 0 Å². The zero-order chi connectivity index (χ0) is 19.2. The first-order valence-corrected chi connectivity index (χ1v) is 9.99. The highest BCUT2D eigenvalue weighted by Crippen LogP contribution is 2.41. The molecule has 3 heteroatoms. The predicted octanol–water partition coefficient (Wildman–Crippen LogP) is 6.17. The van der Waals surface area contributed by atoms with Crippen LogP contribution in [0, 0.1) is 0 Å². The lowest BCUT2D eigenvalue weighted by Crippen LogP contribution is -2.36. The molecule has 1 atom stereocenters. The highest BCUT2D eigenvalue weighted by Gasteiger charge is 2.33. The second-order valence-corrected chi connectivity index (χ2v) is 7.99. The van der Waals surface area contributed by atoms with E-state index >= 15 is 0 Å². The minimum atomic E-state index is -0.269. The Morgan fingerprint density at radius 1 is 1.27 bits per heavy atom. The Morgan fingerprint density at radius 3 is 2.69 bits per heavy atom. The van der Waals surface area contributed by atoms with Crippen LogP contribution >= 0.6 is 0 Å². The summed E-state index contributed by atoms with van der Waals surface area (Å²) in [6.45, 7) is 10.1. The maximum absolute atomic E-state index is 11.5. The number of benzene rings is 1. The number of allylic oxidation sites excluding steroid dienone is 2. The van der Waals surface area contributed by atoms with Gasteiger partial charge in [0, 0.05) is 12.5 Å². The summed E-state index contributed by atoms with van der Waals surface area (Å²) in [5, 5.41) is 0. The van der Waals surface area contributed by atoms with Crippen LogP contribution in [-0.4, -0.2) is 11.6 Å². The topological polar surface area (TPSA) is 35.5 Å². The van der Waals surface area contributed by atoms with Crippen molar-refractivity contribution in [2.75, 3.05) is 0 Å². The summed E-state index contributed by atoms with van der Waals surface area (Å²) in [5.74, 6) is 1.32. The Balaban J connectivity index is 2.23. The number of ether oxygens (including phenoxy) is 2. The van der Waals surface area contributed by atoms with Gasteiger partial charge in [-0.15, -0.1) is 0 Å². The summed E-state index contributed by atoms with van der Waals surface area (Å²) in [6, 6.07) is 4.20. The van der Waals surface area contributed by atoms with Gasteiger partial charge in [0.05, 0.1) is 0 Å². The van der Waals surface area contributed by atoms with E-state index in [4.69, 9.17) is 9.47 Å². The second kappa shape index (κ2) is 9.25. The quantitative estimate of drug-likeness (QED) is 0.241. The summed E-state index contributed by atoms with van der Waals surface area (Å²) < 4.78 is 12.0. The molecular weight excluding hydrogens is 324 g/mol. The lowest BCUT2D eigenvalue weighted by atomic mass is 9.87. The lowest BCUT2D eigenvalue weighted by molar-refractivity contribution is -0.131. The van der Waals surface area contributed by atoms with Crippen LogP contribution in [0.5, 0.6) is 11.5 Å². The van der Waals surface area contributed by atoms with E-state index in [-0.39, 0.29) is 11.6 Å². The average Bonchev–Trinajstić information content (AvgIpc) is 2.53. The van der Waals surface area contributed by atoms with Crippen LogP contribution in [0.2, 0.25) is 0 Å². The van der Waals surface area contributed by atoms with E-state index < -0.39 is 0 Å². The third kappa shape index (κ3) is 5.89. The van der Waals surface area contributed by atoms with Crippen molar-refractivity contribution in [1.29, 1.82) is 0 Å². The summed E-state index contributed by atoms with van der Waals surface area (Å²) >= 11 is 0. The van der Waals surface area contributed by atoms with Gasteiger partial charge in [0.25, 0.3) is 0 Å². The molecule has 0 amide bonds. The van der Waals surface area contributed by atoms with E-state index in [2.05, 4.69) is 39.8 Å². The van der Waals surface area contributed by atoms with Gasteiger partial charge in [0.1, 0.15) is 17.1 Å². The predicted molar refractivity (Wildman–Crippen MR) is 107 cm³/mol. The number of esters is 1. The first-order chi connectivity index (χ1) is 12.3. The van der Waals surface area contributed by atoms with Crippen molar-refractivity contribution in [3.8, 4) is 11.5 Å². The minimum Gasteiger partial charge on any atom is -0.487 e. The molecule has 0 aliphatic carbocycles. The van der Waals surface area contributed by atoms with E-state index in [9.17, 15) is 4.79 Å². The Labute approximate surface area is 158 Å². The molecule has 1 unspecified atom stereocenters. The van der Waals surface area contributed by atoms with Crippen LogP contribution in [0.3, 0.4) is 0 Å². The van der Waals surface area contributed by atoms with Crippen LogP contribution in [0.4, 0.5) is 0 Å². The van der Waals surface area contributed by atoms with Crippen LogP contribution in [0.25, 0.3) is 0 Å². The van der Waals surface area contributed by atoms with Crippen molar-refractivity contribution in [3.63, 3.8) is 0 Å². The van der Waals surface area contributed by atoms with E-state index in [1.54, 1.807) is 0 Å². The summed E-state index contributed by atoms with van der Waals surface area (Å²) in [5.41, 5.74) is 3.43. The lowest BCUT2D eigenvalue weighted by Gasteiger charge is -2.36. The van der Waals surface area contributed by atoms with E-state index in [1.807, 2.05) is 6.07 Å². The van der Waals surface area contributed by atoms with Crippen molar-refractivity contribution in [1.82, 2.24) is 0 Å². The van der Waals surface area contributed by atoms with E-state index in [0.29, 0.717) is 5.75 Å². The Hall–Kier alpha value is -1.77. The standard InChI is InChI=1S/C23H34O3/c1-6-7-8-11-19-15-21(25-18(4)24)20-12-14-23(5,26-22(20)16-19)13-9-10-17(2)3/h10,15-16H,6-9,11-14H2,1-5H3. The summed E-state index contributed by atoms with van der Waals surface area (Å²) in [4.78, 5) is 11.5. The molecule has 0 fully saturated rings. The number of rotatable bonds is 8. The van der Waals surface area contributed by atoms with Crippen molar-refractivity contribution in [2.24, 2.45) is 0 Å². The Kier molecular flexibility index (Phi) is 7.31. The number of carbonyl (C=O) groups is 1. The Morgan fingerprint density at radius 2 is 2.04 bits per heavy atom. The number of aryl methyl sites for hydroxylation is 1. The van der Waals surface area contributed by atoms with Crippen LogP contribution in [0.15, 0.2) is 23.8 Å². The van der Waals surface area contributed by atoms with Crippen molar-refractivity contribution in [3.05, 3.63) is 34.9 Å². The van der Waals surface area contributed by atoms with Crippen LogP contribution < -0.4 is 9.47 Å². The van der Waals surface area contributed by atoms with Crippen LogP contribution in [0.1, 0.15) is 84.3 Å². The molecule has 1 aromatic rings. The molecule has 1 aliphatic heterocycles. The van der Waals surface area contributed by atoms with Crippen molar-refractivity contribution >= 4 is 5.97 Å². The molecule has 1 aliphatic rings. The zero-order valence-corrected chi connectivity index (χ0v) is 17.1. The SMILES string of the molecule is CCCCCc1cc(OC(C)=O)c2c(c1)OC(C)(CCC=C(C)C)CC2. The number of unbranched alkanes of at least 4 members (excludes halogenated alkanes) is 2. The normalized spacial score (nSPS) is 18.7. The highest BCUT2D eigenvalue weighted by molar-refractivity contribution is 5.70. The second-order valence-electron chi connectivity index (χ2n) is 7.99. The summed E-state index contributed by atoms with van der Waals surface area (Å²) in [7, 11) is 0. The highest BCUT2D eigenvalue weighted by atomic mass is 16.5. The molecule has 1 aromatic carbocycles. The van der Waals surface area contributed by atoms with Gasteiger partial charge >= 0.3 is 5.97 Å². The minimum absolute atomic E-state index is 0.158. The van der Waals surface area contributed by atoms with Gasteiger partial charge < -0.3 is 9.47 Å². The molecule has 26 heavy (non-hydrogen) atoms. The van der Waals surface area contributed by atoms with Gasteiger partial charge in [0.2, 0.25) is 0 Å². The maximum Gasteiger partial charge on any atom is 0.308 e. The molecule has 0 spiro atoms. The zero-order valence-electron chi connectivity index (χ0n) is 17.1. The van der Waals surface area contributed by atoms with Gasteiger partial charge in [-0.3, -0.25) is 4.79 Å². The van der Waals surface area contributed by atoms with Crippen molar-refractivity contribution < 1.29 is 14.3 Å². The first-order valence-electron chi connectivity index (χ1n) is 9.99. The van der Waals surface area contributed by atoms with Gasteiger partial charge in [-0.1, -0.05) is 31.4 Å². The molecule has 0 N–H and O–H groups in total. The first kappa shape index (κ1) is 20.5. The average molecular weight is 359 g/mol. The fourth-order valence-electron chi connectivity index (χ4n) is 3.53. The smallest absolute Gasteiger partial charge is 0.308 e. The third-order valence-electron chi connectivity index (χ3n) is 5.04. The molecule has 0 saturated carbocycles. The number of hydrogen-bond acceptors (Lipinski definition) is 3. The molecule has 0 aromatic heterocycles. The van der Waals surface area contributed by atoms with E-state index in [0.717, 1.165) is 49.8 Å². The molecule has 0 bridgehead atoms. The van der Waals surface area contributed by atoms with Crippen molar-refractivity contribution in [2.45, 2.75) is 91.6 Å². The summed E-state index contributed by atoms with van der Waals surface area (Å²) in [6.07, 6.45) is 10.7.